The molecule has 52 heavy (non-hydrogen) atoms. The van der Waals surface area contributed by atoms with Crippen LogP contribution < -0.4 is 0 Å². The molecule has 0 heterocycles. The van der Waals surface area contributed by atoms with Gasteiger partial charge in [0.05, 0.1) is 0 Å². The van der Waals surface area contributed by atoms with E-state index < -0.39 is 101 Å². The van der Waals surface area contributed by atoms with Gasteiger partial charge in [0.15, 0.2) is 0 Å². The Labute approximate surface area is 261 Å². The first-order chi connectivity index (χ1) is 21.8. The lowest BCUT2D eigenvalue weighted by molar-refractivity contribution is -0.499. The first-order valence-electron chi connectivity index (χ1n) is 11.1. The molecule has 0 aromatic heterocycles. The molecule has 0 aliphatic carbocycles. The maximum Gasteiger partial charge on any atom is 0.460 e. The maximum absolute atomic E-state index is 15.0. The highest BCUT2D eigenvalue weighted by atomic mass is 19.4. The van der Waals surface area contributed by atoms with Gasteiger partial charge in [0, 0.05) is 5.57 Å². The van der Waals surface area contributed by atoms with Gasteiger partial charge < -0.3 is 4.74 Å². The summed E-state index contributed by atoms with van der Waals surface area (Å²) in [5, 5.41) is 0. The van der Waals surface area contributed by atoms with Gasteiger partial charge in [-0.25, -0.2) is 9.18 Å². The zero-order valence-corrected chi connectivity index (χ0v) is 22.7. The maximum atomic E-state index is 15.0. The van der Waals surface area contributed by atoms with E-state index in [0.717, 1.165) is 0 Å². The summed E-state index contributed by atoms with van der Waals surface area (Å²) < 4.78 is 421. The molecule has 0 radical (unpaired) electrons. The highest BCUT2D eigenvalue weighted by Gasteiger charge is 3.02. The minimum atomic E-state index is -10.1. The van der Waals surface area contributed by atoms with Crippen molar-refractivity contribution >= 4 is 5.97 Å². The number of carbonyl (C=O) groups excluding carboxylic acids is 1. The van der Waals surface area contributed by atoms with E-state index in [1.807, 2.05) is 6.58 Å². The molecule has 310 valence electrons. The number of hydrogen-bond acceptors (Lipinski definition) is 2. The van der Waals surface area contributed by atoms with Crippen LogP contribution in [0.5, 0.6) is 0 Å². The van der Waals surface area contributed by atoms with Crippen LogP contribution in [0.2, 0.25) is 0 Å². The molecule has 0 spiro atoms. The Balaban J connectivity index is 8.35. The minimum Gasteiger partial charge on any atom is -0.413 e. The fourth-order valence-corrected chi connectivity index (χ4v) is 3.04. The SMILES string of the molecule is C=C(C)C(=O)OC(F)(C(F)(F)C(F)(F)C(F)(F)C(F)(F)C(F)(F)F)C(F)(F)C(F)(F)C(F)(F)C(F)(F)C(F)(F)C(F)(F)C(F)(C(F)(F)F)C(F)(F)F. The lowest BCUT2D eigenvalue weighted by Crippen LogP contribution is -2.81. The molecular weight excluding hydrogens is 849 g/mol. The van der Waals surface area contributed by atoms with Crippen LogP contribution in [0.15, 0.2) is 12.2 Å². The number of rotatable bonds is 13. The average Bonchev–Trinajstić information content (AvgIpc) is 2.89. The van der Waals surface area contributed by atoms with E-state index in [-0.39, 0.29) is 6.92 Å². The molecule has 1 unspecified atom stereocenters. The Kier molecular flexibility index (Phi) is 11.3. The molecule has 0 saturated carbocycles. The molecule has 33 heteroatoms. The Morgan fingerprint density at radius 3 is 0.769 bits per heavy atom. The van der Waals surface area contributed by atoms with Gasteiger partial charge in [0.2, 0.25) is 0 Å². The number of esters is 1. The third kappa shape index (κ3) is 5.72. The van der Waals surface area contributed by atoms with Gasteiger partial charge in [0.1, 0.15) is 0 Å². The molecule has 1 atom stereocenters. The predicted molar refractivity (Wildman–Crippen MR) is 96.2 cm³/mol. The summed E-state index contributed by atoms with van der Waals surface area (Å²) in [7, 11) is 0. The molecule has 0 N–H and O–H groups in total. The summed E-state index contributed by atoms with van der Waals surface area (Å²) in [5.74, 6) is -111. The van der Waals surface area contributed by atoms with Crippen LogP contribution in [-0.2, 0) is 9.53 Å². The van der Waals surface area contributed by atoms with Crippen LogP contribution in [0.4, 0.5) is 136 Å². The second kappa shape index (κ2) is 12.0. The molecule has 0 amide bonds. The zero-order valence-electron chi connectivity index (χ0n) is 22.7. The third-order valence-electron chi connectivity index (χ3n) is 6.11. The summed E-state index contributed by atoms with van der Waals surface area (Å²) in [5.41, 5.74) is -11.7. The van der Waals surface area contributed by atoms with Crippen LogP contribution in [0.3, 0.4) is 0 Å². The van der Waals surface area contributed by atoms with E-state index in [2.05, 4.69) is 0 Å². The van der Waals surface area contributed by atoms with E-state index in [4.69, 9.17) is 0 Å². The molecule has 0 aromatic rings. The number of halogens is 31. The molecule has 0 saturated heterocycles. The van der Waals surface area contributed by atoms with Gasteiger partial charge >= 0.3 is 95.2 Å². The summed E-state index contributed by atoms with van der Waals surface area (Å²) in [6.45, 7) is 1.63. The second-order valence-electron chi connectivity index (χ2n) is 9.66. The van der Waals surface area contributed by atoms with Crippen molar-refractivity contribution in [2.75, 3.05) is 0 Å². The van der Waals surface area contributed by atoms with Gasteiger partial charge in [-0.1, -0.05) is 6.58 Å². The van der Waals surface area contributed by atoms with Crippen molar-refractivity contribution < 1.29 is 146 Å². The Bertz CT molecular complexity index is 1350. The van der Waals surface area contributed by atoms with Crippen LogP contribution in [-0.4, -0.2) is 95.2 Å². The molecule has 0 rings (SSSR count). The largest absolute Gasteiger partial charge is 0.460 e. The standard InChI is InChI=1S/C19H5F31O2/c1-3(2)4(51)52-16(41,14(37,38)11(31,32)12(33,34)15(39,40)19(48,49)50)13(35,36)10(29,30)9(27,28)8(25,26)7(23,24)6(21,22)5(20,17(42,43)44)18(45,46)47/h1H2,2H3. The predicted octanol–water partition coefficient (Wildman–Crippen LogP) is 10.5. The fraction of sp³-hybridized carbons (Fsp3) is 0.842. The second-order valence-corrected chi connectivity index (χ2v) is 9.66. The summed E-state index contributed by atoms with van der Waals surface area (Å²) in [6.07, 6.45) is -26.0. The molecule has 0 aliphatic heterocycles. The van der Waals surface area contributed by atoms with Crippen molar-refractivity contribution in [1.82, 2.24) is 0 Å². The summed E-state index contributed by atoms with van der Waals surface area (Å²) in [6, 6.07) is 0. The zero-order chi connectivity index (χ0) is 43.4. The first kappa shape index (κ1) is 49.0. The number of carbonyl (C=O) groups is 1. The van der Waals surface area contributed by atoms with Gasteiger partial charge in [0.25, 0.3) is 0 Å². The molecule has 0 bridgehead atoms. The van der Waals surface area contributed by atoms with E-state index in [1.54, 1.807) is 4.74 Å². The first-order valence-corrected chi connectivity index (χ1v) is 11.1. The quantitative estimate of drug-likeness (QED) is 0.105. The van der Waals surface area contributed by atoms with Crippen LogP contribution in [0, 0.1) is 0 Å². The van der Waals surface area contributed by atoms with E-state index in [9.17, 15) is 137 Å². The Hall–Kier alpha value is -2.96. The molecule has 0 fully saturated rings. The smallest absolute Gasteiger partial charge is 0.413 e. The Morgan fingerprint density at radius 2 is 0.558 bits per heavy atom. The number of ether oxygens (including phenoxy) is 1. The van der Waals surface area contributed by atoms with Crippen molar-refractivity contribution in [2.24, 2.45) is 0 Å². The van der Waals surface area contributed by atoms with Crippen molar-refractivity contribution in [2.45, 2.75) is 96.2 Å². The monoisotopic (exact) mass is 854 g/mol. The highest BCUT2D eigenvalue weighted by Crippen LogP contribution is 2.70. The van der Waals surface area contributed by atoms with Crippen LogP contribution in [0.25, 0.3) is 0 Å². The van der Waals surface area contributed by atoms with E-state index in [1.165, 1.54) is 0 Å². The van der Waals surface area contributed by atoms with Gasteiger partial charge in [-0.2, -0.15) is 132 Å². The summed E-state index contributed by atoms with van der Waals surface area (Å²) in [4.78, 5) is 11.3. The summed E-state index contributed by atoms with van der Waals surface area (Å²) >= 11 is 0. The van der Waals surface area contributed by atoms with Gasteiger partial charge in [-0.05, 0) is 6.92 Å². The van der Waals surface area contributed by atoms with Gasteiger partial charge in [-0.15, -0.1) is 0 Å². The van der Waals surface area contributed by atoms with E-state index >= 15 is 4.39 Å². The third-order valence-corrected chi connectivity index (χ3v) is 6.11. The lowest BCUT2D eigenvalue weighted by atomic mass is 9.81. The molecular formula is C19H5F31O2. The van der Waals surface area contributed by atoms with Crippen LogP contribution >= 0.6 is 0 Å². The van der Waals surface area contributed by atoms with Crippen LogP contribution in [0.1, 0.15) is 6.92 Å². The number of hydrogen-bond donors (Lipinski definition) is 0. The normalized spacial score (nSPS) is 17.5. The highest BCUT2D eigenvalue weighted by molar-refractivity contribution is 5.87. The number of alkyl halides is 31. The van der Waals surface area contributed by atoms with Crippen molar-refractivity contribution in [3.05, 3.63) is 12.2 Å². The average molecular weight is 854 g/mol. The molecule has 0 aliphatic rings. The molecule has 2 nitrogen and oxygen atoms in total. The Morgan fingerprint density at radius 1 is 0.346 bits per heavy atom. The van der Waals surface area contributed by atoms with Crippen molar-refractivity contribution in [1.29, 1.82) is 0 Å². The minimum absolute atomic E-state index is 0.336. The fourth-order valence-electron chi connectivity index (χ4n) is 3.04. The van der Waals surface area contributed by atoms with E-state index in [0.29, 0.717) is 0 Å². The molecule has 0 aromatic carbocycles. The van der Waals surface area contributed by atoms with Crippen molar-refractivity contribution in [3.8, 4) is 0 Å². The lowest BCUT2D eigenvalue weighted by Gasteiger charge is -2.48. The van der Waals surface area contributed by atoms with Gasteiger partial charge in [-0.3, -0.25) is 0 Å². The topological polar surface area (TPSA) is 26.3 Å². The van der Waals surface area contributed by atoms with Crippen molar-refractivity contribution in [3.63, 3.8) is 0 Å².